The quantitative estimate of drug-likeness (QED) is 0.807. The molecule has 4 heteroatoms. The van der Waals surface area contributed by atoms with E-state index < -0.39 is 0 Å². The van der Waals surface area contributed by atoms with Crippen molar-refractivity contribution in [3.05, 3.63) is 35.9 Å². The van der Waals surface area contributed by atoms with E-state index in [1.807, 2.05) is 0 Å². The molecule has 1 aliphatic heterocycles. The summed E-state index contributed by atoms with van der Waals surface area (Å²) < 4.78 is 0. The van der Waals surface area contributed by atoms with Crippen LogP contribution in [0.5, 0.6) is 0 Å². The topological polar surface area (TPSA) is 32.5 Å². The molecule has 0 atom stereocenters. The highest BCUT2D eigenvalue weighted by Gasteiger charge is 2.16. The maximum atomic E-state index is 5.57. The monoisotopic (exact) mass is 263 g/mol. The van der Waals surface area contributed by atoms with Crippen LogP contribution < -0.4 is 5.73 Å². The van der Waals surface area contributed by atoms with Crippen LogP contribution in [0.2, 0.25) is 0 Å². The highest BCUT2D eigenvalue weighted by Crippen LogP contribution is 2.05. The van der Waals surface area contributed by atoms with Gasteiger partial charge in [0.15, 0.2) is 0 Å². The number of benzene rings is 1. The summed E-state index contributed by atoms with van der Waals surface area (Å²) in [6.07, 6.45) is 1.14. The minimum atomic E-state index is 0.604. The van der Waals surface area contributed by atoms with Gasteiger partial charge >= 0.3 is 0 Å². The van der Waals surface area contributed by atoms with Crippen LogP contribution in [0.25, 0.3) is 0 Å². The van der Waals surface area contributed by atoms with Crippen molar-refractivity contribution >= 4 is 17.2 Å². The van der Waals surface area contributed by atoms with Crippen molar-refractivity contribution in [2.75, 3.05) is 39.3 Å². The van der Waals surface area contributed by atoms with Crippen LogP contribution >= 0.6 is 12.2 Å². The molecule has 1 aromatic carbocycles. The minimum Gasteiger partial charge on any atom is -0.392 e. The molecule has 1 saturated heterocycles. The lowest BCUT2D eigenvalue weighted by Gasteiger charge is -2.34. The molecule has 0 radical (unpaired) electrons. The zero-order valence-electron chi connectivity index (χ0n) is 10.7. The van der Waals surface area contributed by atoms with Crippen LogP contribution in [-0.2, 0) is 6.42 Å². The molecule has 0 unspecified atom stereocenters. The molecule has 0 bridgehead atoms. The number of nitrogens with zero attached hydrogens (tertiary/aromatic N) is 2. The molecular weight excluding hydrogens is 242 g/mol. The third-order valence-corrected chi connectivity index (χ3v) is 3.53. The van der Waals surface area contributed by atoms with Gasteiger partial charge in [0.05, 0.1) is 4.99 Å². The van der Waals surface area contributed by atoms with Crippen LogP contribution in [-0.4, -0.2) is 54.1 Å². The normalized spacial score (nSPS) is 17.8. The first kappa shape index (κ1) is 13.5. The summed E-state index contributed by atoms with van der Waals surface area (Å²) in [5, 5.41) is 0. The van der Waals surface area contributed by atoms with Crippen LogP contribution in [0.4, 0.5) is 0 Å². The lowest BCUT2D eigenvalue weighted by molar-refractivity contribution is 0.147. The van der Waals surface area contributed by atoms with E-state index in [9.17, 15) is 0 Å². The molecule has 0 aliphatic carbocycles. The van der Waals surface area contributed by atoms with Crippen molar-refractivity contribution in [2.24, 2.45) is 5.73 Å². The van der Waals surface area contributed by atoms with Crippen LogP contribution in [0.1, 0.15) is 5.56 Å². The van der Waals surface area contributed by atoms with E-state index in [4.69, 9.17) is 18.0 Å². The first-order valence-electron chi connectivity index (χ1n) is 6.51. The standard InChI is InChI=1S/C14H21N3S/c15-14(18)12-17-10-8-16(9-11-17)7-6-13-4-2-1-3-5-13/h1-5H,6-12H2,(H2,15,18). The highest BCUT2D eigenvalue weighted by atomic mass is 32.1. The minimum absolute atomic E-state index is 0.604. The summed E-state index contributed by atoms with van der Waals surface area (Å²) >= 11 is 4.94. The maximum absolute atomic E-state index is 5.57. The van der Waals surface area contributed by atoms with Crippen molar-refractivity contribution in [2.45, 2.75) is 6.42 Å². The van der Waals surface area contributed by atoms with Gasteiger partial charge in [-0.05, 0) is 12.0 Å². The predicted octanol–water partition coefficient (Wildman–Crippen LogP) is 1.13. The van der Waals surface area contributed by atoms with Gasteiger partial charge in [-0.2, -0.15) is 0 Å². The molecular formula is C14H21N3S. The van der Waals surface area contributed by atoms with Gasteiger partial charge in [0, 0.05) is 39.3 Å². The second kappa shape index (κ2) is 6.83. The van der Waals surface area contributed by atoms with Crippen molar-refractivity contribution in [3.8, 4) is 0 Å². The molecule has 98 valence electrons. The molecule has 0 spiro atoms. The molecule has 18 heavy (non-hydrogen) atoms. The van der Waals surface area contributed by atoms with E-state index in [0.29, 0.717) is 4.99 Å². The number of piperazine rings is 1. The van der Waals surface area contributed by atoms with Gasteiger partial charge in [0.2, 0.25) is 0 Å². The van der Waals surface area contributed by atoms with Crippen molar-refractivity contribution < 1.29 is 0 Å². The van der Waals surface area contributed by atoms with E-state index in [0.717, 1.165) is 45.7 Å². The molecule has 1 aliphatic rings. The van der Waals surface area contributed by atoms with Crippen LogP contribution in [0.15, 0.2) is 30.3 Å². The van der Waals surface area contributed by atoms with E-state index in [1.54, 1.807) is 0 Å². The molecule has 1 heterocycles. The van der Waals surface area contributed by atoms with Gasteiger partial charge in [0.25, 0.3) is 0 Å². The van der Waals surface area contributed by atoms with E-state index in [1.165, 1.54) is 5.56 Å². The number of nitrogens with two attached hydrogens (primary N) is 1. The summed E-state index contributed by atoms with van der Waals surface area (Å²) in [6, 6.07) is 10.7. The average molecular weight is 263 g/mol. The van der Waals surface area contributed by atoms with E-state index >= 15 is 0 Å². The van der Waals surface area contributed by atoms with Crippen molar-refractivity contribution in [3.63, 3.8) is 0 Å². The Labute approximate surface area is 115 Å². The summed E-state index contributed by atoms with van der Waals surface area (Å²) in [5.41, 5.74) is 6.99. The molecule has 0 amide bonds. The SMILES string of the molecule is NC(=S)CN1CCN(CCc2ccccc2)CC1. The number of hydrogen-bond acceptors (Lipinski definition) is 3. The van der Waals surface area contributed by atoms with Crippen LogP contribution in [0, 0.1) is 0 Å². The lowest BCUT2D eigenvalue weighted by Crippen LogP contribution is -2.48. The van der Waals surface area contributed by atoms with E-state index in [2.05, 4.69) is 40.1 Å². The third kappa shape index (κ3) is 4.37. The van der Waals surface area contributed by atoms with Gasteiger partial charge < -0.3 is 10.6 Å². The zero-order valence-corrected chi connectivity index (χ0v) is 11.5. The van der Waals surface area contributed by atoms with Gasteiger partial charge in [-0.3, -0.25) is 4.90 Å². The number of hydrogen-bond donors (Lipinski definition) is 1. The van der Waals surface area contributed by atoms with E-state index in [-0.39, 0.29) is 0 Å². The highest BCUT2D eigenvalue weighted by molar-refractivity contribution is 7.80. The Morgan fingerprint density at radius 1 is 1.06 bits per heavy atom. The Morgan fingerprint density at radius 3 is 2.28 bits per heavy atom. The van der Waals surface area contributed by atoms with Crippen LogP contribution in [0.3, 0.4) is 0 Å². The Kier molecular flexibility index (Phi) is 5.11. The molecule has 1 aromatic rings. The lowest BCUT2D eigenvalue weighted by atomic mass is 10.1. The Bertz CT molecular complexity index is 372. The maximum Gasteiger partial charge on any atom is 0.0870 e. The van der Waals surface area contributed by atoms with Crippen molar-refractivity contribution in [1.82, 2.24) is 9.80 Å². The fraction of sp³-hybridized carbons (Fsp3) is 0.500. The smallest absolute Gasteiger partial charge is 0.0870 e. The molecule has 1 fully saturated rings. The molecule has 2 N–H and O–H groups in total. The fourth-order valence-electron chi connectivity index (χ4n) is 2.32. The Morgan fingerprint density at radius 2 is 1.67 bits per heavy atom. The zero-order chi connectivity index (χ0) is 12.8. The number of thiocarbonyl (C=S) groups is 1. The molecule has 0 aromatic heterocycles. The average Bonchev–Trinajstić information content (AvgIpc) is 2.38. The first-order chi connectivity index (χ1) is 8.74. The Balaban J connectivity index is 1.69. The van der Waals surface area contributed by atoms with Crippen molar-refractivity contribution in [1.29, 1.82) is 0 Å². The van der Waals surface area contributed by atoms with Gasteiger partial charge in [-0.25, -0.2) is 0 Å². The fourth-order valence-corrected chi connectivity index (χ4v) is 2.51. The third-order valence-electron chi connectivity index (χ3n) is 3.40. The Hall–Kier alpha value is -0.970. The first-order valence-corrected chi connectivity index (χ1v) is 6.92. The second-order valence-electron chi connectivity index (χ2n) is 4.82. The summed E-state index contributed by atoms with van der Waals surface area (Å²) in [4.78, 5) is 5.46. The van der Waals surface area contributed by atoms with Gasteiger partial charge in [0.1, 0.15) is 0 Å². The largest absolute Gasteiger partial charge is 0.392 e. The number of rotatable bonds is 5. The van der Waals surface area contributed by atoms with Gasteiger partial charge in [-0.15, -0.1) is 0 Å². The summed E-state index contributed by atoms with van der Waals surface area (Å²) in [6.45, 7) is 6.30. The molecule has 2 rings (SSSR count). The summed E-state index contributed by atoms with van der Waals surface area (Å²) in [5.74, 6) is 0. The molecule has 3 nitrogen and oxygen atoms in total. The second-order valence-corrected chi connectivity index (χ2v) is 5.34. The summed E-state index contributed by atoms with van der Waals surface area (Å²) in [7, 11) is 0. The predicted molar refractivity (Wildman–Crippen MR) is 79.8 cm³/mol. The van der Waals surface area contributed by atoms with Gasteiger partial charge in [-0.1, -0.05) is 42.5 Å². The molecule has 0 saturated carbocycles.